The summed E-state index contributed by atoms with van der Waals surface area (Å²) < 4.78 is 56.1. The Morgan fingerprint density at radius 1 is 1.42 bits per heavy atom. The fourth-order valence-corrected chi connectivity index (χ4v) is 2.82. The molecule has 0 aromatic heterocycles. The third-order valence-electron chi connectivity index (χ3n) is 2.45. The van der Waals surface area contributed by atoms with Crippen molar-refractivity contribution in [1.29, 1.82) is 0 Å². The summed E-state index contributed by atoms with van der Waals surface area (Å²) in [5.41, 5.74) is 5.64. The molecule has 0 amide bonds. The molecule has 0 aliphatic heterocycles. The first kappa shape index (κ1) is 16.0. The minimum absolute atomic E-state index is 0.0347. The minimum Gasteiger partial charge on any atom is -0.383 e. The molecule has 0 saturated carbocycles. The van der Waals surface area contributed by atoms with Gasteiger partial charge in [0.25, 0.3) is 0 Å². The van der Waals surface area contributed by atoms with Crippen LogP contribution in [0.25, 0.3) is 0 Å². The van der Waals surface area contributed by atoms with Crippen LogP contribution in [-0.4, -0.2) is 46.1 Å². The lowest BCUT2D eigenvalue weighted by Crippen LogP contribution is -2.41. The first-order valence-electron chi connectivity index (χ1n) is 5.45. The Balaban J connectivity index is 2.97. The van der Waals surface area contributed by atoms with E-state index >= 15 is 0 Å². The number of nitrogens with zero attached hydrogens (tertiary/aromatic N) is 1. The zero-order valence-corrected chi connectivity index (χ0v) is 11.5. The topological polar surface area (TPSA) is 72.6 Å². The predicted molar refractivity (Wildman–Crippen MR) is 66.0 cm³/mol. The maximum Gasteiger partial charge on any atom is 0.245 e. The summed E-state index contributed by atoms with van der Waals surface area (Å²) in [5.74, 6) is -1.97. The summed E-state index contributed by atoms with van der Waals surface area (Å²) in [4.78, 5) is -0.582. The lowest BCUT2D eigenvalue weighted by molar-refractivity contribution is 0.173. The van der Waals surface area contributed by atoms with E-state index < -0.39 is 32.6 Å². The highest BCUT2D eigenvalue weighted by molar-refractivity contribution is 7.89. The molecule has 0 aliphatic rings. The molecule has 0 fully saturated rings. The molecular formula is C11H16F2N2O3S. The molecule has 2 N–H and O–H groups in total. The SMILES string of the molecule is COCC(N)CN(C)S(=O)(=O)c1ccc(F)cc1F. The second-order valence-corrected chi connectivity index (χ2v) is 6.09. The molecule has 0 saturated heterocycles. The zero-order chi connectivity index (χ0) is 14.6. The molecule has 1 atom stereocenters. The first-order chi connectivity index (χ1) is 8.78. The van der Waals surface area contributed by atoms with E-state index in [1.54, 1.807) is 0 Å². The molecule has 1 unspecified atom stereocenters. The van der Waals surface area contributed by atoms with E-state index in [0.717, 1.165) is 16.4 Å². The Morgan fingerprint density at radius 3 is 2.58 bits per heavy atom. The number of sulfonamides is 1. The van der Waals surface area contributed by atoms with Crippen molar-refractivity contribution in [1.82, 2.24) is 4.31 Å². The van der Waals surface area contributed by atoms with Gasteiger partial charge < -0.3 is 10.5 Å². The van der Waals surface area contributed by atoms with Crippen molar-refractivity contribution in [3.63, 3.8) is 0 Å². The maximum atomic E-state index is 13.5. The van der Waals surface area contributed by atoms with Crippen molar-refractivity contribution in [2.24, 2.45) is 5.73 Å². The monoisotopic (exact) mass is 294 g/mol. The summed E-state index contributed by atoms with van der Waals surface area (Å²) in [6.45, 7) is 0.138. The van der Waals surface area contributed by atoms with Gasteiger partial charge in [-0.3, -0.25) is 0 Å². The molecule has 8 heteroatoms. The van der Waals surface area contributed by atoms with Crippen LogP contribution in [0.3, 0.4) is 0 Å². The van der Waals surface area contributed by atoms with Crippen molar-refractivity contribution in [2.45, 2.75) is 10.9 Å². The van der Waals surface area contributed by atoms with Gasteiger partial charge in [0.15, 0.2) is 0 Å². The van der Waals surface area contributed by atoms with Crippen molar-refractivity contribution in [3.05, 3.63) is 29.8 Å². The van der Waals surface area contributed by atoms with Gasteiger partial charge in [-0.05, 0) is 12.1 Å². The van der Waals surface area contributed by atoms with Gasteiger partial charge in [0.1, 0.15) is 16.5 Å². The predicted octanol–water partition coefficient (Wildman–Crippen LogP) is 0.559. The van der Waals surface area contributed by atoms with Crippen LogP contribution in [0.1, 0.15) is 0 Å². The molecule has 0 spiro atoms. The number of ether oxygens (including phenoxy) is 1. The van der Waals surface area contributed by atoms with Crippen molar-refractivity contribution in [2.75, 3.05) is 27.3 Å². The van der Waals surface area contributed by atoms with E-state index in [-0.39, 0.29) is 13.2 Å². The third-order valence-corrected chi connectivity index (χ3v) is 4.31. The molecule has 0 radical (unpaired) electrons. The Hall–Kier alpha value is -1.09. The van der Waals surface area contributed by atoms with Gasteiger partial charge in [0, 0.05) is 32.8 Å². The van der Waals surface area contributed by atoms with Gasteiger partial charge in [-0.2, -0.15) is 4.31 Å². The van der Waals surface area contributed by atoms with Gasteiger partial charge >= 0.3 is 0 Å². The summed E-state index contributed by atoms with van der Waals surface area (Å²) in [5, 5.41) is 0. The molecule has 0 heterocycles. The van der Waals surface area contributed by atoms with E-state index in [0.29, 0.717) is 6.07 Å². The molecule has 5 nitrogen and oxygen atoms in total. The van der Waals surface area contributed by atoms with Gasteiger partial charge in [-0.25, -0.2) is 17.2 Å². The largest absolute Gasteiger partial charge is 0.383 e. The van der Waals surface area contributed by atoms with Crippen molar-refractivity contribution < 1.29 is 21.9 Å². The van der Waals surface area contributed by atoms with Crippen LogP contribution in [-0.2, 0) is 14.8 Å². The molecule has 1 rings (SSSR count). The molecule has 1 aromatic rings. The molecule has 0 aliphatic carbocycles. The molecule has 108 valence electrons. The third kappa shape index (κ3) is 3.93. The lowest BCUT2D eigenvalue weighted by Gasteiger charge is -2.21. The van der Waals surface area contributed by atoms with E-state index in [1.165, 1.54) is 14.2 Å². The standard InChI is InChI=1S/C11H16F2N2O3S/c1-15(6-9(14)7-18-2)19(16,17)11-4-3-8(12)5-10(11)13/h3-5,9H,6-7,14H2,1-2H3. The number of methoxy groups -OCH3 is 1. The summed E-state index contributed by atoms with van der Waals surface area (Å²) in [6, 6.07) is 1.76. The number of benzene rings is 1. The average Bonchev–Trinajstić information content (AvgIpc) is 2.28. The van der Waals surface area contributed by atoms with Gasteiger partial charge in [-0.1, -0.05) is 0 Å². The summed E-state index contributed by atoms with van der Waals surface area (Å²) in [7, 11) is -1.33. The van der Waals surface area contributed by atoms with Gasteiger partial charge in [0.2, 0.25) is 10.0 Å². The van der Waals surface area contributed by atoms with Crippen molar-refractivity contribution in [3.8, 4) is 0 Å². The smallest absolute Gasteiger partial charge is 0.245 e. The molecule has 1 aromatic carbocycles. The van der Waals surface area contributed by atoms with Crippen LogP contribution >= 0.6 is 0 Å². The Labute approximate surface area is 111 Å². The second-order valence-electron chi connectivity index (χ2n) is 4.08. The minimum atomic E-state index is -4.04. The summed E-state index contributed by atoms with van der Waals surface area (Å²) >= 11 is 0. The quantitative estimate of drug-likeness (QED) is 0.832. The number of rotatable bonds is 6. The fourth-order valence-electron chi connectivity index (χ4n) is 1.55. The molecule has 19 heavy (non-hydrogen) atoms. The van der Waals surface area contributed by atoms with Crippen LogP contribution in [0.15, 0.2) is 23.1 Å². The highest BCUT2D eigenvalue weighted by Gasteiger charge is 2.26. The van der Waals surface area contributed by atoms with Crippen LogP contribution in [0.5, 0.6) is 0 Å². The van der Waals surface area contributed by atoms with E-state index in [4.69, 9.17) is 10.5 Å². The first-order valence-corrected chi connectivity index (χ1v) is 6.89. The highest BCUT2D eigenvalue weighted by atomic mass is 32.2. The second kappa shape index (κ2) is 6.38. The fraction of sp³-hybridized carbons (Fsp3) is 0.455. The molecule has 0 bridgehead atoms. The number of hydrogen-bond donors (Lipinski definition) is 1. The van der Waals surface area contributed by atoms with E-state index in [1.807, 2.05) is 0 Å². The van der Waals surface area contributed by atoms with Crippen LogP contribution < -0.4 is 5.73 Å². The highest BCUT2D eigenvalue weighted by Crippen LogP contribution is 2.19. The van der Waals surface area contributed by atoms with Gasteiger partial charge in [-0.15, -0.1) is 0 Å². The molecular weight excluding hydrogens is 278 g/mol. The van der Waals surface area contributed by atoms with Gasteiger partial charge in [0.05, 0.1) is 6.61 Å². The van der Waals surface area contributed by atoms with Crippen molar-refractivity contribution >= 4 is 10.0 Å². The van der Waals surface area contributed by atoms with Crippen LogP contribution in [0, 0.1) is 11.6 Å². The summed E-state index contributed by atoms with van der Waals surface area (Å²) in [6.07, 6.45) is 0. The normalized spacial score (nSPS) is 13.8. The zero-order valence-electron chi connectivity index (χ0n) is 10.6. The maximum absolute atomic E-state index is 13.5. The van der Waals surface area contributed by atoms with E-state index in [2.05, 4.69) is 0 Å². The number of halogens is 2. The Bertz CT molecular complexity index is 537. The van der Waals surface area contributed by atoms with E-state index in [9.17, 15) is 17.2 Å². The Morgan fingerprint density at radius 2 is 2.05 bits per heavy atom. The average molecular weight is 294 g/mol. The number of nitrogens with two attached hydrogens (primary N) is 1. The van der Waals surface area contributed by atoms with Crippen LogP contribution in [0.2, 0.25) is 0 Å². The number of likely N-dealkylation sites (N-methyl/N-ethyl adjacent to an activating group) is 1. The number of hydrogen-bond acceptors (Lipinski definition) is 4. The van der Waals surface area contributed by atoms with Crippen LogP contribution in [0.4, 0.5) is 8.78 Å². The Kier molecular flexibility index (Phi) is 5.36. The lowest BCUT2D eigenvalue weighted by atomic mass is 10.3.